The van der Waals surface area contributed by atoms with Crippen molar-refractivity contribution in [1.29, 1.82) is 0 Å². The molecule has 4 saturated carbocycles. The number of para-hydroxylation sites is 1. The Morgan fingerprint density at radius 2 is 1.56 bits per heavy atom. The molecule has 0 aliphatic heterocycles. The van der Waals surface area contributed by atoms with Gasteiger partial charge >= 0.3 is 0 Å². The van der Waals surface area contributed by atoms with Crippen molar-refractivity contribution in [2.75, 3.05) is 22.4 Å². The standard InChI is InChI=1S/C31H33ClN2O4S/c1-39(36,37)34(20-30(35)33-28-16-25(32)9-12-29(28)38-27-5-3-2-4-6-27)26-10-7-24(8-11-26)31-17-21-13-22(18-31)15-23(14-21)19-31/h2-12,16,21-23H,13-15,17-20H2,1H3,(H,33,35). The number of rotatable bonds is 8. The van der Waals surface area contributed by atoms with E-state index in [2.05, 4.69) is 17.4 Å². The number of ether oxygens (including phenoxy) is 1. The molecule has 4 aliphatic carbocycles. The molecule has 204 valence electrons. The Labute approximate surface area is 235 Å². The van der Waals surface area contributed by atoms with Crippen LogP contribution in [0.5, 0.6) is 11.5 Å². The summed E-state index contributed by atoms with van der Waals surface area (Å²) in [5, 5.41) is 3.21. The van der Waals surface area contributed by atoms with Crippen LogP contribution in [0, 0.1) is 17.8 Å². The summed E-state index contributed by atoms with van der Waals surface area (Å²) in [7, 11) is -3.71. The van der Waals surface area contributed by atoms with Crippen LogP contribution in [0.2, 0.25) is 5.02 Å². The fraction of sp³-hybridized carbons (Fsp3) is 0.387. The molecule has 4 fully saturated rings. The van der Waals surface area contributed by atoms with Gasteiger partial charge in [0.05, 0.1) is 17.6 Å². The fourth-order valence-corrected chi connectivity index (χ4v) is 8.50. The highest BCUT2D eigenvalue weighted by molar-refractivity contribution is 7.92. The molecule has 0 saturated heterocycles. The van der Waals surface area contributed by atoms with Crippen molar-refractivity contribution in [2.45, 2.75) is 43.9 Å². The lowest BCUT2D eigenvalue weighted by Gasteiger charge is -2.57. The predicted octanol–water partition coefficient (Wildman–Crippen LogP) is 7.00. The Kier molecular flexibility index (Phi) is 6.84. The van der Waals surface area contributed by atoms with Gasteiger partial charge in [-0.15, -0.1) is 0 Å². The van der Waals surface area contributed by atoms with Gasteiger partial charge in [0, 0.05) is 5.02 Å². The number of carbonyl (C=O) groups excluding carboxylic acids is 1. The first kappa shape index (κ1) is 26.2. The van der Waals surface area contributed by atoms with Crippen LogP contribution in [0.3, 0.4) is 0 Å². The smallest absolute Gasteiger partial charge is 0.245 e. The van der Waals surface area contributed by atoms with Crippen LogP contribution in [0.25, 0.3) is 0 Å². The second kappa shape index (κ2) is 10.2. The Bertz CT molecular complexity index is 1440. The number of nitrogens with one attached hydrogen (secondary N) is 1. The van der Waals surface area contributed by atoms with Crippen LogP contribution in [0.4, 0.5) is 11.4 Å². The zero-order chi connectivity index (χ0) is 27.2. The highest BCUT2D eigenvalue weighted by atomic mass is 35.5. The third-order valence-electron chi connectivity index (χ3n) is 8.68. The van der Waals surface area contributed by atoms with E-state index in [1.54, 1.807) is 30.3 Å². The van der Waals surface area contributed by atoms with Gasteiger partial charge in [-0.05, 0) is 110 Å². The second-order valence-electron chi connectivity index (χ2n) is 11.6. The molecule has 39 heavy (non-hydrogen) atoms. The summed E-state index contributed by atoms with van der Waals surface area (Å²) in [6.45, 7) is -0.368. The van der Waals surface area contributed by atoms with E-state index in [0.717, 1.165) is 28.3 Å². The maximum atomic E-state index is 13.1. The molecular formula is C31H33ClN2O4S. The molecule has 3 aromatic rings. The van der Waals surface area contributed by atoms with Crippen LogP contribution >= 0.6 is 11.6 Å². The number of benzene rings is 3. The van der Waals surface area contributed by atoms with E-state index in [-0.39, 0.29) is 12.0 Å². The van der Waals surface area contributed by atoms with Crippen molar-refractivity contribution < 1.29 is 17.9 Å². The van der Waals surface area contributed by atoms with E-state index in [1.165, 1.54) is 44.1 Å². The Morgan fingerprint density at radius 1 is 0.949 bits per heavy atom. The SMILES string of the molecule is CS(=O)(=O)N(CC(=O)Nc1cc(Cl)ccc1Oc1ccccc1)c1ccc(C23CC4CC(CC(C4)C2)C3)cc1. The molecule has 6 nitrogen and oxygen atoms in total. The molecule has 0 unspecified atom stereocenters. The predicted molar refractivity (Wildman–Crippen MR) is 155 cm³/mol. The first-order valence-electron chi connectivity index (χ1n) is 13.6. The van der Waals surface area contributed by atoms with Crippen LogP contribution in [-0.4, -0.2) is 27.1 Å². The van der Waals surface area contributed by atoms with Gasteiger partial charge in [0.15, 0.2) is 5.75 Å². The molecule has 0 radical (unpaired) electrons. The summed E-state index contributed by atoms with van der Waals surface area (Å²) in [5.41, 5.74) is 2.38. The summed E-state index contributed by atoms with van der Waals surface area (Å²) in [6.07, 6.45) is 8.96. The number of carbonyl (C=O) groups is 1. The Morgan fingerprint density at radius 3 is 2.15 bits per heavy atom. The second-order valence-corrected chi connectivity index (χ2v) is 14.0. The Balaban J connectivity index is 1.20. The highest BCUT2D eigenvalue weighted by Gasteiger charge is 2.51. The molecule has 8 heteroatoms. The van der Waals surface area contributed by atoms with E-state index in [0.29, 0.717) is 27.9 Å². The van der Waals surface area contributed by atoms with Gasteiger partial charge in [0.2, 0.25) is 15.9 Å². The summed E-state index contributed by atoms with van der Waals surface area (Å²) in [4.78, 5) is 13.1. The van der Waals surface area contributed by atoms with E-state index in [9.17, 15) is 13.2 Å². The molecule has 4 aliphatic rings. The number of hydrogen-bond acceptors (Lipinski definition) is 4. The van der Waals surface area contributed by atoms with Gasteiger partial charge in [-0.3, -0.25) is 9.10 Å². The maximum Gasteiger partial charge on any atom is 0.245 e. The molecule has 0 atom stereocenters. The Hall–Kier alpha value is -3.03. The van der Waals surface area contributed by atoms with Crippen LogP contribution < -0.4 is 14.4 Å². The monoisotopic (exact) mass is 564 g/mol. The van der Waals surface area contributed by atoms with Crippen molar-refractivity contribution in [3.05, 3.63) is 83.4 Å². The van der Waals surface area contributed by atoms with Gasteiger partial charge in [-0.25, -0.2) is 8.42 Å². The lowest BCUT2D eigenvalue weighted by Crippen LogP contribution is -2.48. The third kappa shape index (κ3) is 5.52. The minimum Gasteiger partial charge on any atom is -0.455 e. The van der Waals surface area contributed by atoms with Crippen molar-refractivity contribution >= 4 is 38.9 Å². The molecule has 4 bridgehead atoms. The summed E-state index contributed by atoms with van der Waals surface area (Å²) in [5.74, 6) is 3.00. The summed E-state index contributed by atoms with van der Waals surface area (Å²) < 4.78 is 32.7. The van der Waals surface area contributed by atoms with Gasteiger partial charge in [0.1, 0.15) is 12.3 Å². The van der Waals surface area contributed by atoms with Gasteiger partial charge < -0.3 is 10.1 Å². The average molecular weight is 565 g/mol. The molecule has 0 spiro atoms. The maximum absolute atomic E-state index is 13.1. The van der Waals surface area contributed by atoms with E-state index in [1.807, 2.05) is 30.3 Å². The summed E-state index contributed by atoms with van der Waals surface area (Å²) >= 11 is 6.19. The summed E-state index contributed by atoms with van der Waals surface area (Å²) in [6, 6.07) is 22.0. The van der Waals surface area contributed by atoms with Crippen LogP contribution in [0.15, 0.2) is 72.8 Å². The molecule has 1 amide bonds. The lowest BCUT2D eigenvalue weighted by molar-refractivity contribution is -0.114. The van der Waals surface area contributed by atoms with Gasteiger partial charge in [-0.2, -0.15) is 0 Å². The van der Waals surface area contributed by atoms with Gasteiger partial charge in [-0.1, -0.05) is 41.9 Å². The van der Waals surface area contributed by atoms with Crippen LogP contribution in [0.1, 0.15) is 44.1 Å². The number of sulfonamides is 1. The number of halogens is 1. The first-order valence-corrected chi connectivity index (χ1v) is 15.8. The van der Waals surface area contributed by atoms with E-state index in [4.69, 9.17) is 16.3 Å². The quantitative estimate of drug-likeness (QED) is 0.319. The van der Waals surface area contributed by atoms with E-state index < -0.39 is 15.9 Å². The number of anilines is 2. The molecule has 0 heterocycles. The lowest BCUT2D eigenvalue weighted by atomic mass is 9.48. The molecular weight excluding hydrogens is 532 g/mol. The largest absolute Gasteiger partial charge is 0.455 e. The van der Waals surface area contributed by atoms with Gasteiger partial charge in [0.25, 0.3) is 0 Å². The number of hydrogen-bond donors (Lipinski definition) is 1. The average Bonchev–Trinajstić information content (AvgIpc) is 2.88. The molecule has 7 rings (SSSR count). The normalized spacial score (nSPS) is 25.3. The van der Waals surface area contributed by atoms with E-state index >= 15 is 0 Å². The zero-order valence-corrected chi connectivity index (χ0v) is 23.5. The first-order chi connectivity index (χ1) is 18.7. The molecule has 1 N–H and O–H groups in total. The fourth-order valence-electron chi connectivity index (χ4n) is 7.47. The minimum absolute atomic E-state index is 0.225. The topological polar surface area (TPSA) is 75.7 Å². The zero-order valence-electron chi connectivity index (χ0n) is 22.0. The van der Waals surface area contributed by atoms with Crippen molar-refractivity contribution in [2.24, 2.45) is 17.8 Å². The van der Waals surface area contributed by atoms with Crippen LogP contribution in [-0.2, 0) is 20.2 Å². The third-order valence-corrected chi connectivity index (χ3v) is 10.1. The van der Waals surface area contributed by atoms with Crippen molar-refractivity contribution in [3.63, 3.8) is 0 Å². The van der Waals surface area contributed by atoms with Crippen molar-refractivity contribution in [1.82, 2.24) is 0 Å². The highest BCUT2D eigenvalue weighted by Crippen LogP contribution is 2.60. The number of nitrogens with zero attached hydrogens (tertiary/aromatic N) is 1. The molecule has 0 aromatic heterocycles. The minimum atomic E-state index is -3.71. The number of amides is 1. The van der Waals surface area contributed by atoms with Crippen molar-refractivity contribution in [3.8, 4) is 11.5 Å². The molecule has 3 aromatic carbocycles.